The largest absolute Gasteiger partial charge is 0.368 e. The van der Waals surface area contributed by atoms with Gasteiger partial charge in [-0.3, -0.25) is 9.69 Å². The minimum atomic E-state index is -0.305. The molecule has 0 bridgehead atoms. The van der Waals surface area contributed by atoms with E-state index in [-0.39, 0.29) is 29.8 Å². The van der Waals surface area contributed by atoms with E-state index in [2.05, 4.69) is 102 Å². The Morgan fingerprint density at radius 3 is 2.07 bits per heavy atom. The summed E-state index contributed by atoms with van der Waals surface area (Å²) in [4.78, 5) is 31.9. The number of para-hydroxylation sites is 1. The average molecular weight is 596 g/mol. The van der Waals surface area contributed by atoms with Gasteiger partial charge in [-0.1, -0.05) is 95.5 Å². The first kappa shape index (κ1) is 31.6. The van der Waals surface area contributed by atoms with Crippen LogP contribution >= 0.6 is 0 Å². The van der Waals surface area contributed by atoms with Crippen LogP contribution in [-0.4, -0.2) is 49.1 Å². The first-order valence-corrected chi connectivity index (χ1v) is 16.5. The van der Waals surface area contributed by atoms with Gasteiger partial charge in [0.1, 0.15) is 0 Å². The quantitative estimate of drug-likeness (QED) is 0.235. The lowest BCUT2D eigenvalue weighted by molar-refractivity contribution is 0.0928. The smallest absolute Gasteiger partial charge is 0.323 e. The first-order valence-electron chi connectivity index (χ1n) is 16.5. The summed E-state index contributed by atoms with van der Waals surface area (Å²) in [5.41, 5.74) is 6.57. The third kappa shape index (κ3) is 8.00. The van der Waals surface area contributed by atoms with Crippen molar-refractivity contribution >= 4 is 29.0 Å². The third-order valence-corrected chi connectivity index (χ3v) is 9.01. The molecule has 0 atom stereocenters. The SMILES string of the molecule is CC(C)c1cccc(C(C)C)c1NC(=O)Nc1ccc(N2CCN(Cc3ccccc3)CC2)c(C(=O)NC2CCCCC2)c1. The molecular formula is C37H49N5O2. The Kier molecular flexibility index (Phi) is 10.6. The predicted molar refractivity (Wildman–Crippen MR) is 182 cm³/mol. The molecule has 1 saturated carbocycles. The highest BCUT2D eigenvalue weighted by Gasteiger charge is 2.25. The van der Waals surface area contributed by atoms with Crippen LogP contribution in [-0.2, 0) is 6.54 Å². The number of anilines is 3. The van der Waals surface area contributed by atoms with Crippen LogP contribution in [0.5, 0.6) is 0 Å². The fourth-order valence-corrected chi connectivity index (χ4v) is 6.54. The molecule has 2 aliphatic rings. The monoisotopic (exact) mass is 595 g/mol. The van der Waals surface area contributed by atoms with Crippen LogP contribution in [0.4, 0.5) is 21.9 Å². The lowest BCUT2D eigenvalue weighted by Gasteiger charge is -2.37. The van der Waals surface area contributed by atoms with Crippen LogP contribution in [0.25, 0.3) is 0 Å². The van der Waals surface area contributed by atoms with Gasteiger partial charge < -0.3 is 20.9 Å². The van der Waals surface area contributed by atoms with Gasteiger partial charge >= 0.3 is 6.03 Å². The number of amides is 3. The van der Waals surface area contributed by atoms with Gasteiger partial charge in [0.15, 0.2) is 0 Å². The molecular weight excluding hydrogens is 546 g/mol. The van der Waals surface area contributed by atoms with Crippen molar-refractivity contribution in [3.63, 3.8) is 0 Å². The van der Waals surface area contributed by atoms with Crippen molar-refractivity contribution in [1.82, 2.24) is 10.2 Å². The maximum Gasteiger partial charge on any atom is 0.323 e. The van der Waals surface area contributed by atoms with Gasteiger partial charge in [0.25, 0.3) is 5.91 Å². The van der Waals surface area contributed by atoms with E-state index in [0.29, 0.717) is 11.3 Å². The molecule has 0 unspecified atom stereocenters. The van der Waals surface area contributed by atoms with Gasteiger partial charge in [-0.05, 0) is 59.6 Å². The summed E-state index contributed by atoms with van der Waals surface area (Å²) < 4.78 is 0. The van der Waals surface area contributed by atoms with Crippen molar-refractivity contribution in [2.45, 2.75) is 84.2 Å². The minimum Gasteiger partial charge on any atom is -0.368 e. The van der Waals surface area contributed by atoms with Crippen LogP contribution in [0.2, 0.25) is 0 Å². The molecule has 2 fully saturated rings. The Labute approximate surface area is 263 Å². The fourth-order valence-electron chi connectivity index (χ4n) is 6.54. The van der Waals surface area contributed by atoms with Crippen LogP contribution < -0.4 is 20.9 Å². The molecule has 0 radical (unpaired) electrons. The molecule has 7 nitrogen and oxygen atoms in total. The van der Waals surface area contributed by atoms with Crippen molar-refractivity contribution in [2.75, 3.05) is 41.7 Å². The second kappa shape index (κ2) is 14.8. The zero-order valence-corrected chi connectivity index (χ0v) is 26.9. The van der Waals surface area contributed by atoms with Gasteiger partial charge in [0, 0.05) is 55.8 Å². The Morgan fingerprint density at radius 1 is 0.773 bits per heavy atom. The second-order valence-electron chi connectivity index (χ2n) is 13.0. The molecule has 0 spiro atoms. The fraction of sp³-hybridized carbons (Fsp3) is 0.459. The number of carbonyl (C=O) groups excluding carboxylic acids is 2. The van der Waals surface area contributed by atoms with E-state index >= 15 is 0 Å². The van der Waals surface area contributed by atoms with E-state index < -0.39 is 0 Å². The van der Waals surface area contributed by atoms with Crippen LogP contribution in [0, 0.1) is 0 Å². The number of nitrogens with zero attached hydrogens (tertiary/aromatic N) is 2. The third-order valence-electron chi connectivity index (χ3n) is 9.01. The summed E-state index contributed by atoms with van der Waals surface area (Å²) >= 11 is 0. The van der Waals surface area contributed by atoms with Crippen LogP contribution in [0.15, 0.2) is 66.7 Å². The summed E-state index contributed by atoms with van der Waals surface area (Å²) in [5.74, 6) is 0.480. The molecule has 3 amide bonds. The number of hydrogen-bond donors (Lipinski definition) is 3. The number of benzene rings is 3. The lowest BCUT2D eigenvalue weighted by atomic mass is 9.93. The summed E-state index contributed by atoms with van der Waals surface area (Å²) in [6.07, 6.45) is 5.58. The molecule has 1 saturated heterocycles. The molecule has 5 rings (SSSR count). The van der Waals surface area contributed by atoms with Crippen molar-refractivity contribution < 1.29 is 9.59 Å². The second-order valence-corrected chi connectivity index (χ2v) is 13.0. The highest BCUT2D eigenvalue weighted by molar-refractivity contribution is 6.04. The zero-order valence-electron chi connectivity index (χ0n) is 26.9. The summed E-state index contributed by atoms with van der Waals surface area (Å²) in [7, 11) is 0. The maximum atomic E-state index is 13.8. The molecule has 234 valence electrons. The highest BCUT2D eigenvalue weighted by Crippen LogP contribution is 2.33. The van der Waals surface area contributed by atoms with Gasteiger partial charge in [-0.2, -0.15) is 0 Å². The number of hydrogen-bond acceptors (Lipinski definition) is 4. The van der Waals surface area contributed by atoms with E-state index in [1.165, 1.54) is 12.0 Å². The van der Waals surface area contributed by atoms with Gasteiger partial charge in [0.05, 0.1) is 5.56 Å². The van der Waals surface area contributed by atoms with E-state index in [4.69, 9.17) is 0 Å². The van der Waals surface area contributed by atoms with Crippen molar-refractivity contribution in [2.24, 2.45) is 0 Å². The molecule has 1 aliphatic heterocycles. The average Bonchev–Trinajstić information content (AvgIpc) is 3.02. The molecule has 1 aliphatic carbocycles. The molecule has 7 heteroatoms. The normalized spacial score (nSPS) is 16.3. The number of rotatable bonds is 9. The summed E-state index contributed by atoms with van der Waals surface area (Å²) in [5, 5.41) is 9.48. The van der Waals surface area contributed by atoms with Crippen molar-refractivity contribution in [3.05, 3.63) is 89.0 Å². The Balaban J connectivity index is 1.34. The number of urea groups is 1. The first-order chi connectivity index (χ1) is 21.3. The Morgan fingerprint density at radius 2 is 1.43 bits per heavy atom. The van der Waals surface area contributed by atoms with E-state index in [1.54, 1.807) is 0 Å². The van der Waals surface area contributed by atoms with Crippen LogP contribution in [0.3, 0.4) is 0 Å². The maximum absolute atomic E-state index is 13.8. The van der Waals surface area contributed by atoms with E-state index in [0.717, 1.165) is 80.9 Å². The molecule has 44 heavy (non-hydrogen) atoms. The molecule has 3 aromatic carbocycles. The van der Waals surface area contributed by atoms with Crippen molar-refractivity contribution in [1.29, 1.82) is 0 Å². The zero-order chi connectivity index (χ0) is 31.1. The van der Waals surface area contributed by atoms with Gasteiger partial charge in [0.2, 0.25) is 0 Å². The molecule has 3 aromatic rings. The lowest BCUT2D eigenvalue weighted by Crippen LogP contribution is -2.46. The molecule has 0 aromatic heterocycles. The predicted octanol–water partition coefficient (Wildman–Crippen LogP) is 7.96. The van der Waals surface area contributed by atoms with Gasteiger partial charge in [-0.15, -0.1) is 0 Å². The minimum absolute atomic E-state index is 0.0603. The van der Waals surface area contributed by atoms with E-state index in [1.807, 2.05) is 18.2 Å². The topological polar surface area (TPSA) is 76.7 Å². The summed E-state index contributed by atoms with van der Waals surface area (Å²) in [6.45, 7) is 13.0. The molecule has 1 heterocycles. The summed E-state index contributed by atoms with van der Waals surface area (Å²) in [6, 6.07) is 22.5. The molecule has 3 N–H and O–H groups in total. The standard InChI is InChI=1S/C37H49N5O2/c1-26(2)31-16-11-17-32(27(3)4)35(31)40-37(44)39-30-18-19-34(33(24-30)36(43)38-29-14-9-6-10-15-29)42-22-20-41(21-23-42)25-28-12-7-5-8-13-28/h5,7-8,11-13,16-19,24,26-27,29H,6,9-10,14-15,20-23,25H2,1-4H3,(H,38,43)(H2,39,40,44). The van der Waals surface area contributed by atoms with E-state index in [9.17, 15) is 9.59 Å². The van der Waals surface area contributed by atoms with Crippen LogP contribution in [0.1, 0.15) is 98.7 Å². The van der Waals surface area contributed by atoms with Crippen molar-refractivity contribution in [3.8, 4) is 0 Å². The Bertz CT molecular complexity index is 1380. The number of nitrogens with one attached hydrogen (secondary N) is 3. The number of piperazine rings is 1. The Hall–Kier alpha value is -3.84. The number of carbonyl (C=O) groups is 2. The highest BCUT2D eigenvalue weighted by atomic mass is 16.2. The van der Waals surface area contributed by atoms with Gasteiger partial charge in [-0.25, -0.2) is 4.79 Å².